The summed E-state index contributed by atoms with van der Waals surface area (Å²) >= 11 is 5.94. The van der Waals surface area contributed by atoms with Crippen molar-refractivity contribution in [1.29, 1.82) is 0 Å². The number of hydrogen-bond donors (Lipinski definition) is 1. The zero-order chi connectivity index (χ0) is 17.6. The molecule has 0 saturated heterocycles. The van der Waals surface area contributed by atoms with Crippen LogP contribution in [0.3, 0.4) is 0 Å². The van der Waals surface area contributed by atoms with Crippen molar-refractivity contribution in [3.05, 3.63) is 88.9 Å². The SMILES string of the molecule is CCc1ccccc1C(C)Nc1ccccc1Oc1ccc(Cl)cc1. The van der Waals surface area contributed by atoms with E-state index in [0.717, 1.165) is 23.6 Å². The van der Waals surface area contributed by atoms with Gasteiger partial charge >= 0.3 is 0 Å². The first-order valence-corrected chi connectivity index (χ1v) is 8.92. The van der Waals surface area contributed by atoms with Gasteiger partial charge in [-0.1, -0.05) is 54.9 Å². The molecular weight excluding hydrogens is 330 g/mol. The van der Waals surface area contributed by atoms with Gasteiger partial charge in [0.1, 0.15) is 5.75 Å². The second-order valence-corrected chi connectivity index (χ2v) is 6.41. The highest BCUT2D eigenvalue weighted by atomic mass is 35.5. The summed E-state index contributed by atoms with van der Waals surface area (Å²) in [6, 6.07) is 24.1. The molecule has 0 aromatic heterocycles. The third-order valence-electron chi connectivity index (χ3n) is 4.20. The molecule has 128 valence electrons. The number of hydrogen-bond acceptors (Lipinski definition) is 2. The summed E-state index contributed by atoms with van der Waals surface area (Å²) in [6.45, 7) is 4.36. The molecule has 3 aromatic carbocycles. The summed E-state index contributed by atoms with van der Waals surface area (Å²) in [5.41, 5.74) is 3.64. The average Bonchev–Trinajstić information content (AvgIpc) is 2.65. The Kier molecular flexibility index (Phi) is 5.62. The first kappa shape index (κ1) is 17.4. The third-order valence-corrected chi connectivity index (χ3v) is 4.45. The van der Waals surface area contributed by atoms with Crippen LogP contribution in [0.5, 0.6) is 11.5 Å². The maximum atomic E-state index is 6.04. The van der Waals surface area contributed by atoms with Crippen LogP contribution in [0.4, 0.5) is 5.69 Å². The summed E-state index contributed by atoms with van der Waals surface area (Å²) in [7, 11) is 0. The molecule has 1 N–H and O–H groups in total. The van der Waals surface area contributed by atoms with Crippen LogP contribution in [0.15, 0.2) is 72.8 Å². The van der Waals surface area contributed by atoms with Gasteiger partial charge in [-0.15, -0.1) is 0 Å². The number of para-hydroxylation sites is 2. The fourth-order valence-corrected chi connectivity index (χ4v) is 3.02. The topological polar surface area (TPSA) is 21.3 Å². The molecule has 0 bridgehead atoms. The predicted octanol–water partition coefficient (Wildman–Crippen LogP) is 6.87. The number of aryl methyl sites for hydroxylation is 1. The molecule has 0 radical (unpaired) electrons. The lowest BCUT2D eigenvalue weighted by molar-refractivity contribution is 0.484. The molecular formula is C22H22ClNO. The largest absolute Gasteiger partial charge is 0.455 e. The van der Waals surface area contributed by atoms with Crippen molar-refractivity contribution in [3.63, 3.8) is 0 Å². The lowest BCUT2D eigenvalue weighted by Gasteiger charge is -2.20. The Balaban J connectivity index is 1.82. The number of nitrogens with one attached hydrogen (secondary N) is 1. The van der Waals surface area contributed by atoms with Crippen LogP contribution in [0.1, 0.15) is 31.0 Å². The zero-order valence-electron chi connectivity index (χ0n) is 14.5. The molecule has 0 aliphatic rings. The van der Waals surface area contributed by atoms with E-state index in [1.165, 1.54) is 11.1 Å². The van der Waals surface area contributed by atoms with Gasteiger partial charge in [0, 0.05) is 11.1 Å². The summed E-state index contributed by atoms with van der Waals surface area (Å²) in [5, 5.41) is 4.28. The molecule has 0 saturated carbocycles. The minimum Gasteiger partial charge on any atom is -0.455 e. The van der Waals surface area contributed by atoms with Crippen LogP contribution < -0.4 is 10.1 Å². The standard InChI is InChI=1S/C22H22ClNO/c1-3-17-8-4-5-9-20(17)16(2)24-21-10-6-7-11-22(21)25-19-14-12-18(23)13-15-19/h4-16,24H,3H2,1-2H3. The van der Waals surface area contributed by atoms with Gasteiger partial charge in [0.2, 0.25) is 0 Å². The average molecular weight is 352 g/mol. The van der Waals surface area contributed by atoms with Crippen LogP contribution >= 0.6 is 11.6 Å². The van der Waals surface area contributed by atoms with Crippen LogP contribution in [0.25, 0.3) is 0 Å². The van der Waals surface area contributed by atoms with Gasteiger partial charge in [0.15, 0.2) is 5.75 Å². The van der Waals surface area contributed by atoms with Crippen molar-refractivity contribution >= 4 is 17.3 Å². The van der Waals surface area contributed by atoms with Gasteiger partial charge in [-0.25, -0.2) is 0 Å². The summed E-state index contributed by atoms with van der Waals surface area (Å²) in [6.07, 6.45) is 1.02. The summed E-state index contributed by atoms with van der Waals surface area (Å²) < 4.78 is 6.04. The molecule has 1 atom stereocenters. The van der Waals surface area contributed by atoms with E-state index in [0.29, 0.717) is 5.02 Å². The van der Waals surface area contributed by atoms with Crippen LogP contribution in [-0.2, 0) is 6.42 Å². The molecule has 3 heteroatoms. The van der Waals surface area contributed by atoms with E-state index < -0.39 is 0 Å². The van der Waals surface area contributed by atoms with Gasteiger partial charge in [0.25, 0.3) is 0 Å². The second-order valence-electron chi connectivity index (χ2n) is 5.97. The minimum atomic E-state index is 0.186. The Morgan fingerprint density at radius 2 is 1.60 bits per heavy atom. The van der Waals surface area contributed by atoms with Crippen LogP contribution in [0.2, 0.25) is 5.02 Å². The highest BCUT2D eigenvalue weighted by molar-refractivity contribution is 6.30. The summed E-state index contributed by atoms with van der Waals surface area (Å²) in [5.74, 6) is 1.56. The number of ether oxygens (including phenoxy) is 1. The molecule has 0 aliphatic carbocycles. The molecule has 3 aromatic rings. The number of rotatable bonds is 6. The number of halogens is 1. The van der Waals surface area contributed by atoms with Crippen molar-refractivity contribution < 1.29 is 4.74 Å². The van der Waals surface area contributed by atoms with Gasteiger partial charge in [-0.3, -0.25) is 0 Å². The molecule has 0 spiro atoms. The van der Waals surface area contributed by atoms with Crippen molar-refractivity contribution in [2.24, 2.45) is 0 Å². The molecule has 0 amide bonds. The fourth-order valence-electron chi connectivity index (χ4n) is 2.89. The monoisotopic (exact) mass is 351 g/mol. The Bertz CT molecular complexity index is 829. The van der Waals surface area contributed by atoms with Crippen LogP contribution in [-0.4, -0.2) is 0 Å². The zero-order valence-corrected chi connectivity index (χ0v) is 15.3. The molecule has 25 heavy (non-hydrogen) atoms. The van der Waals surface area contributed by atoms with E-state index in [4.69, 9.17) is 16.3 Å². The lowest BCUT2D eigenvalue weighted by atomic mass is 9.99. The Morgan fingerprint density at radius 3 is 2.36 bits per heavy atom. The van der Waals surface area contributed by atoms with Crippen molar-refractivity contribution in [3.8, 4) is 11.5 Å². The lowest BCUT2D eigenvalue weighted by Crippen LogP contribution is -2.09. The van der Waals surface area contributed by atoms with Crippen LogP contribution in [0, 0.1) is 0 Å². The summed E-state index contributed by atoms with van der Waals surface area (Å²) in [4.78, 5) is 0. The first-order valence-electron chi connectivity index (χ1n) is 8.54. The fraction of sp³-hybridized carbons (Fsp3) is 0.182. The van der Waals surface area contributed by atoms with Crippen molar-refractivity contribution in [2.45, 2.75) is 26.3 Å². The van der Waals surface area contributed by atoms with Crippen molar-refractivity contribution in [2.75, 3.05) is 5.32 Å². The second kappa shape index (κ2) is 8.09. The van der Waals surface area contributed by atoms with Gasteiger partial charge in [-0.05, 0) is 60.9 Å². The van der Waals surface area contributed by atoms with E-state index in [1.807, 2.05) is 48.5 Å². The maximum absolute atomic E-state index is 6.04. The Morgan fingerprint density at radius 1 is 0.920 bits per heavy atom. The Labute approximate surface area is 154 Å². The molecule has 2 nitrogen and oxygen atoms in total. The quantitative estimate of drug-likeness (QED) is 0.523. The molecule has 0 heterocycles. The molecule has 0 fully saturated rings. The maximum Gasteiger partial charge on any atom is 0.150 e. The molecule has 1 unspecified atom stereocenters. The van der Waals surface area contributed by atoms with Gasteiger partial charge in [-0.2, -0.15) is 0 Å². The smallest absolute Gasteiger partial charge is 0.150 e. The highest BCUT2D eigenvalue weighted by Crippen LogP contribution is 2.33. The highest BCUT2D eigenvalue weighted by Gasteiger charge is 2.12. The Hall–Kier alpha value is -2.45. The van der Waals surface area contributed by atoms with Crippen molar-refractivity contribution in [1.82, 2.24) is 0 Å². The number of anilines is 1. The van der Waals surface area contributed by atoms with Gasteiger partial charge in [0.05, 0.1) is 5.69 Å². The number of benzene rings is 3. The van der Waals surface area contributed by atoms with E-state index >= 15 is 0 Å². The third kappa shape index (κ3) is 4.34. The predicted molar refractivity (Wildman–Crippen MR) is 106 cm³/mol. The first-order chi connectivity index (χ1) is 12.2. The van der Waals surface area contributed by atoms with E-state index in [-0.39, 0.29) is 6.04 Å². The molecule has 0 aliphatic heterocycles. The van der Waals surface area contributed by atoms with E-state index in [9.17, 15) is 0 Å². The normalized spacial score (nSPS) is 11.8. The van der Waals surface area contributed by atoms with Gasteiger partial charge < -0.3 is 10.1 Å². The van der Waals surface area contributed by atoms with E-state index in [1.54, 1.807) is 0 Å². The minimum absolute atomic E-state index is 0.186. The molecule has 3 rings (SSSR count). The van der Waals surface area contributed by atoms with E-state index in [2.05, 4.69) is 43.4 Å².